The Labute approximate surface area is 89.2 Å². The molecule has 0 bridgehead atoms. The van der Waals surface area contributed by atoms with Crippen LogP contribution in [0.4, 0.5) is 0 Å². The number of hydrogen-bond acceptors (Lipinski definition) is 3. The molecule has 0 spiro atoms. The number of carbonyl (C=O) groups excluding carboxylic acids is 1. The largest absolute Gasteiger partial charge is 0.480 e. The first-order valence-electron chi connectivity index (χ1n) is 5.38. The lowest BCUT2D eigenvalue weighted by Crippen LogP contribution is -2.44. The highest BCUT2D eigenvalue weighted by molar-refractivity contribution is 5.80. The van der Waals surface area contributed by atoms with E-state index in [1.165, 1.54) is 0 Å². The van der Waals surface area contributed by atoms with Crippen LogP contribution < -0.4 is 10.6 Å². The van der Waals surface area contributed by atoms with Gasteiger partial charge in [-0.15, -0.1) is 0 Å². The van der Waals surface area contributed by atoms with Gasteiger partial charge in [0.15, 0.2) is 0 Å². The van der Waals surface area contributed by atoms with E-state index < -0.39 is 12.0 Å². The maximum Gasteiger partial charge on any atom is 0.320 e. The zero-order chi connectivity index (χ0) is 11.3. The molecule has 1 atom stereocenters. The number of carboxylic acids is 1. The molecule has 5 nitrogen and oxygen atoms in total. The van der Waals surface area contributed by atoms with Crippen molar-refractivity contribution in [3.63, 3.8) is 0 Å². The van der Waals surface area contributed by atoms with E-state index in [1.54, 1.807) is 0 Å². The lowest BCUT2D eigenvalue weighted by molar-refractivity contribution is -0.140. The van der Waals surface area contributed by atoms with Gasteiger partial charge in [0, 0.05) is 6.54 Å². The summed E-state index contributed by atoms with van der Waals surface area (Å²) in [5.74, 6) is -0.786. The molecule has 15 heavy (non-hydrogen) atoms. The molecule has 0 radical (unpaired) electrons. The Morgan fingerprint density at radius 3 is 2.60 bits per heavy atom. The van der Waals surface area contributed by atoms with Crippen LogP contribution in [0.5, 0.6) is 0 Å². The maximum atomic E-state index is 11.2. The number of carboxylic acid groups (broad SMARTS) is 1. The van der Waals surface area contributed by atoms with Gasteiger partial charge in [-0.2, -0.15) is 0 Å². The molecule has 1 amide bonds. The van der Waals surface area contributed by atoms with E-state index in [9.17, 15) is 9.59 Å². The molecule has 86 valence electrons. The smallest absolute Gasteiger partial charge is 0.320 e. The molecule has 0 aromatic heterocycles. The van der Waals surface area contributed by atoms with E-state index in [1.807, 2.05) is 6.92 Å². The first-order chi connectivity index (χ1) is 7.15. The zero-order valence-electron chi connectivity index (χ0n) is 8.95. The first-order valence-corrected chi connectivity index (χ1v) is 5.38. The summed E-state index contributed by atoms with van der Waals surface area (Å²) in [5.41, 5.74) is 0. The van der Waals surface area contributed by atoms with Crippen molar-refractivity contribution < 1.29 is 14.7 Å². The molecule has 1 rings (SSSR count). The minimum Gasteiger partial charge on any atom is -0.480 e. The molecule has 0 heterocycles. The van der Waals surface area contributed by atoms with Gasteiger partial charge in [0.05, 0.1) is 6.54 Å². The Hall–Kier alpha value is -1.10. The van der Waals surface area contributed by atoms with Crippen LogP contribution in [0.2, 0.25) is 0 Å². The summed E-state index contributed by atoms with van der Waals surface area (Å²) in [6, 6.07) is -0.558. The number of hydrogen-bond donors (Lipinski definition) is 3. The molecule has 1 unspecified atom stereocenters. The van der Waals surface area contributed by atoms with Crippen LogP contribution in [0.15, 0.2) is 0 Å². The molecule has 1 saturated carbocycles. The fourth-order valence-electron chi connectivity index (χ4n) is 1.41. The molecule has 0 aliphatic heterocycles. The van der Waals surface area contributed by atoms with Crippen LogP contribution in [0.3, 0.4) is 0 Å². The molecule has 0 saturated heterocycles. The van der Waals surface area contributed by atoms with E-state index in [0.29, 0.717) is 6.54 Å². The Bertz CT molecular complexity index is 239. The second-order valence-corrected chi connectivity index (χ2v) is 3.88. The minimum atomic E-state index is -0.860. The lowest BCUT2D eigenvalue weighted by Gasteiger charge is -2.12. The lowest BCUT2D eigenvalue weighted by atomic mass is 10.2. The molecule has 1 fully saturated rings. The molecule has 1 aliphatic carbocycles. The number of nitrogens with one attached hydrogen (secondary N) is 2. The zero-order valence-corrected chi connectivity index (χ0v) is 8.95. The minimum absolute atomic E-state index is 0.0907. The highest BCUT2D eigenvalue weighted by Crippen LogP contribution is 2.32. The molecule has 5 heteroatoms. The third-order valence-corrected chi connectivity index (χ3v) is 2.41. The second-order valence-electron chi connectivity index (χ2n) is 3.88. The summed E-state index contributed by atoms with van der Waals surface area (Å²) in [4.78, 5) is 22.0. The fraction of sp³-hybridized carbons (Fsp3) is 0.800. The Morgan fingerprint density at radius 2 is 2.13 bits per heavy atom. The summed E-state index contributed by atoms with van der Waals surface area (Å²) in [5, 5.41) is 14.3. The monoisotopic (exact) mass is 214 g/mol. The first kappa shape index (κ1) is 12.0. The quantitative estimate of drug-likeness (QED) is 0.556. The number of amides is 1. The van der Waals surface area contributed by atoms with E-state index in [-0.39, 0.29) is 18.4 Å². The molecule has 0 aromatic rings. The highest BCUT2D eigenvalue weighted by Gasteiger charge is 2.35. The van der Waals surface area contributed by atoms with E-state index in [4.69, 9.17) is 5.11 Å². The summed E-state index contributed by atoms with van der Waals surface area (Å²) in [7, 11) is 0. The highest BCUT2D eigenvalue weighted by atomic mass is 16.4. The predicted molar refractivity (Wildman–Crippen MR) is 55.5 cm³/mol. The molecule has 1 aliphatic rings. The third-order valence-electron chi connectivity index (χ3n) is 2.41. The van der Waals surface area contributed by atoms with Gasteiger partial charge in [-0.1, -0.05) is 6.92 Å². The third kappa shape index (κ3) is 4.29. The summed E-state index contributed by atoms with van der Waals surface area (Å²) < 4.78 is 0. The van der Waals surface area contributed by atoms with E-state index in [2.05, 4.69) is 10.6 Å². The van der Waals surface area contributed by atoms with Crippen molar-refractivity contribution in [3.05, 3.63) is 0 Å². The van der Waals surface area contributed by atoms with Gasteiger partial charge in [0.25, 0.3) is 0 Å². The van der Waals surface area contributed by atoms with Crippen molar-refractivity contribution in [3.8, 4) is 0 Å². The summed E-state index contributed by atoms with van der Waals surface area (Å²) in [6.45, 7) is 2.70. The van der Waals surface area contributed by atoms with E-state index in [0.717, 1.165) is 19.3 Å². The van der Waals surface area contributed by atoms with Gasteiger partial charge < -0.3 is 10.4 Å². The summed E-state index contributed by atoms with van der Waals surface area (Å²) in [6.07, 6.45) is 2.78. The SMILES string of the molecule is CCCNC(=O)CNC(C(=O)O)C1CC1. The van der Waals surface area contributed by atoms with Crippen LogP contribution in [-0.2, 0) is 9.59 Å². The number of aliphatic carboxylic acids is 1. The average molecular weight is 214 g/mol. The normalized spacial score (nSPS) is 17.1. The topological polar surface area (TPSA) is 78.4 Å². The van der Waals surface area contributed by atoms with Gasteiger partial charge in [0.1, 0.15) is 6.04 Å². The predicted octanol–water partition coefficient (Wildman–Crippen LogP) is -0.0346. The standard InChI is InChI=1S/C10H18N2O3/c1-2-5-11-8(13)6-12-9(10(14)15)7-3-4-7/h7,9,12H,2-6H2,1H3,(H,11,13)(H,14,15). The van der Waals surface area contributed by atoms with Crippen molar-refractivity contribution >= 4 is 11.9 Å². The van der Waals surface area contributed by atoms with Crippen molar-refractivity contribution in [1.82, 2.24) is 10.6 Å². The maximum absolute atomic E-state index is 11.2. The van der Waals surface area contributed by atoms with Crippen molar-refractivity contribution in [1.29, 1.82) is 0 Å². The average Bonchev–Trinajstić information content (AvgIpc) is 2.98. The summed E-state index contributed by atoms with van der Waals surface area (Å²) >= 11 is 0. The second kappa shape index (κ2) is 5.70. The van der Waals surface area contributed by atoms with Crippen LogP contribution in [-0.4, -0.2) is 36.1 Å². The van der Waals surface area contributed by atoms with Gasteiger partial charge >= 0.3 is 5.97 Å². The Kier molecular flexibility index (Phi) is 4.55. The van der Waals surface area contributed by atoms with Gasteiger partial charge in [-0.25, -0.2) is 0 Å². The van der Waals surface area contributed by atoms with Crippen molar-refractivity contribution in [2.24, 2.45) is 5.92 Å². The van der Waals surface area contributed by atoms with Crippen molar-refractivity contribution in [2.75, 3.05) is 13.1 Å². The van der Waals surface area contributed by atoms with Gasteiger partial charge in [0.2, 0.25) is 5.91 Å². The van der Waals surface area contributed by atoms with Crippen LogP contribution >= 0.6 is 0 Å². The molecule has 3 N–H and O–H groups in total. The van der Waals surface area contributed by atoms with Crippen LogP contribution in [0.1, 0.15) is 26.2 Å². The Balaban J connectivity index is 2.21. The molecule has 0 aromatic carbocycles. The van der Waals surface area contributed by atoms with Gasteiger partial charge in [-0.05, 0) is 25.2 Å². The van der Waals surface area contributed by atoms with Gasteiger partial charge in [-0.3, -0.25) is 14.9 Å². The molecular weight excluding hydrogens is 196 g/mol. The Morgan fingerprint density at radius 1 is 1.47 bits per heavy atom. The molecular formula is C10H18N2O3. The number of rotatable bonds is 7. The number of carbonyl (C=O) groups is 2. The van der Waals surface area contributed by atoms with E-state index >= 15 is 0 Å². The van der Waals surface area contributed by atoms with Crippen LogP contribution in [0.25, 0.3) is 0 Å². The van der Waals surface area contributed by atoms with Crippen LogP contribution in [0, 0.1) is 5.92 Å². The van der Waals surface area contributed by atoms with Crippen molar-refractivity contribution in [2.45, 2.75) is 32.2 Å². The fourth-order valence-corrected chi connectivity index (χ4v) is 1.41.